The number of nitrogens with zero attached hydrogens (tertiary/aromatic N) is 1. The van der Waals surface area contributed by atoms with E-state index >= 15 is 0 Å². The van der Waals surface area contributed by atoms with Gasteiger partial charge in [-0.25, -0.2) is 0 Å². The van der Waals surface area contributed by atoms with E-state index in [-0.39, 0.29) is 0 Å². The van der Waals surface area contributed by atoms with Gasteiger partial charge in [0.2, 0.25) is 0 Å². The van der Waals surface area contributed by atoms with Crippen molar-refractivity contribution < 1.29 is 0 Å². The summed E-state index contributed by atoms with van der Waals surface area (Å²) in [4.78, 5) is 8.62. The Hall–Kier alpha value is -1.23. The van der Waals surface area contributed by atoms with Crippen molar-refractivity contribution in [2.24, 2.45) is 0 Å². The Balaban J connectivity index is 1.81. The zero-order chi connectivity index (χ0) is 15.4. The van der Waals surface area contributed by atoms with E-state index in [9.17, 15) is 0 Å². The van der Waals surface area contributed by atoms with Crippen LogP contribution in [0.2, 0.25) is 0 Å². The highest BCUT2D eigenvalue weighted by molar-refractivity contribution is 7.98. The summed E-state index contributed by atoms with van der Waals surface area (Å²) in [6, 6.07) is 10.9. The summed E-state index contributed by atoms with van der Waals surface area (Å²) in [7, 11) is 2.18. The number of hydrogen-bond donors (Lipinski definition) is 1. The van der Waals surface area contributed by atoms with Crippen LogP contribution in [0.5, 0.6) is 0 Å². The smallest absolute Gasteiger partial charge is 0.0468 e. The first-order valence-corrected chi connectivity index (χ1v) is 9.57. The van der Waals surface area contributed by atoms with Gasteiger partial charge in [-0.05, 0) is 49.2 Å². The molecule has 2 aromatic heterocycles. The number of thiophene rings is 1. The molecule has 1 N–H and O–H groups in total. The Labute approximate surface area is 140 Å². The highest BCUT2D eigenvalue weighted by atomic mass is 32.2. The first kappa shape index (κ1) is 15.7. The molecule has 0 fully saturated rings. The molecule has 2 nitrogen and oxygen atoms in total. The quantitative estimate of drug-likeness (QED) is 0.614. The maximum Gasteiger partial charge on any atom is 0.0468 e. The zero-order valence-electron chi connectivity index (χ0n) is 13.1. The Bertz CT molecular complexity index is 716. The second-order valence-electron chi connectivity index (χ2n) is 5.51. The number of rotatable bonds is 7. The molecule has 0 bridgehead atoms. The topological polar surface area (TPSA) is 19.0 Å². The molecular formula is C18H22N2S2. The molecule has 0 saturated carbocycles. The molecule has 3 aromatic rings. The maximum absolute atomic E-state index is 3.43. The lowest BCUT2D eigenvalue weighted by molar-refractivity contribution is 0.358. The minimum Gasteiger partial charge on any atom is -0.361 e. The molecular weight excluding hydrogens is 308 g/mol. The number of likely N-dealkylation sites (N-methyl/N-ethyl adjacent to an activating group) is 1. The summed E-state index contributed by atoms with van der Waals surface area (Å²) < 4.78 is 0. The fourth-order valence-electron chi connectivity index (χ4n) is 2.55. The van der Waals surface area contributed by atoms with Gasteiger partial charge in [-0.2, -0.15) is 0 Å². The van der Waals surface area contributed by atoms with Crippen LogP contribution >= 0.6 is 23.1 Å². The Morgan fingerprint density at radius 3 is 2.91 bits per heavy atom. The third kappa shape index (κ3) is 3.57. The van der Waals surface area contributed by atoms with E-state index in [2.05, 4.69) is 65.8 Å². The van der Waals surface area contributed by atoms with Crippen LogP contribution in [0.4, 0.5) is 0 Å². The van der Waals surface area contributed by atoms with E-state index < -0.39 is 0 Å². The predicted molar refractivity (Wildman–Crippen MR) is 99.1 cm³/mol. The number of fused-ring (bicyclic) bond motifs is 1. The van der Waals surface area contributed by atoms with Crippen molar-refractivity contribution in [3.8, 4) is 0 Å². The summed E-state index contributed by atoms with van der Waals surface area (Å²) in [5.41, 5.74) is 2.69. The van der Waals surface area contributed by atoms with Gasteiger partial charge < -0.3 is 9.88 Å². The minimum absolute atomic E-state index is 1.05. The molecule has 0 radical (unpaired) electrons. The highest BCUT2D eigenvalue weighted by Gasteiger charge is 2.10. The van der Waals surface area contributed by atoms with Crippen LogP contribution in [0.3, 0.4) is 0 Å². The van der Waals surface area contributed by atoms with Gasteiger partial charge >= 0.3 is 0 Å². The highest BCUT2D eigenvalue weighted by Crippen LogP contribution is 2.33. The molecule has 0 aliphatic rings. The summed E-state index contributed by atoms with van der Waals surface area (Å²) in [6.07, 6.45) is 3.28. The van der Waals surface area contributed by atoms with Gasteiger partial charge in [-0.1, -0.05) is 19.1 Å². The molecule has 0 atom stereocenters. The molecule has 4 heteroatoms. The molecule has 0 aliphatic carbocycles. The zero-order valence-corrected chi connectivity index (χ0v) is 14.8. The molecule has 22 heavy (non-hydrogen) atoms. The van der Waals surface area contributed by atoms with Gasteiger partial charge in [-0.15, -0.1) is 23.1 Å². The van der Waals surface area contributed by atoms with Crippen LogP contribution in [-0.2, 0) is 12.2 Å². The van der Waals surface area contributed by atoms with E-state index in [4.69, 9.17) is 0 Å². The average Bonchev–Trinajstić information content (AvgIpc) is 3.20. The number of aromatic nitrogens is 1. The molecule has 0 unspecified atom stereocenters. The van der Waals surface area contributed by atoms with Crippen LogP contribution in [0, 0.1) is 0 Å². The Morgan fingerprint density at radius 2 is 2.14 bits per heavy atom. The van der Waals surface area contributed by atoms with E-state index in [0.29, 0.717) is 0 Å². The Kier molecular flexibility index (Phi) is 5.24. The molecule has 0 amide bonds. The largest absolute Gasteiger partial charge is 0.361 e. The summed E-state index contributed by atoms with van der Waals surface area (Å²) in [5, 5.41) is 3.56. The van der Waals surface area contributed by atoms with Crippen molar-refractivity contribution >= 4 is 34.0 Å². The second kappa shape index (κ2) is 7.36. The number of benzene rings is 1. The van der Waals surface area contributed by atoms with Gasteiger partial charge in [0.05, 0.1) is 0 Å². The van der Waals surface area contributed by atoms with Gasteiger partial charge in [-0.3, -0.25) is 0 Å². The number of aromatic amines is 1. The first-order chi connectivity index (χ1) is 10.8. The molecule has 0 saturated heterocycles. The maximum atomic E-state index is 3.43. The van der Waals surface area contributed by atoms with Gasteiger partial charge in [0.25, 0.3) is 0 Å². The van der Waals surface area contributed by atoms with Crippen LogP contribution in [0.1, 0.15) is 17.4 Å². The van der Waals surface area contributed by atoms with Crippen LogP contribution in [0.25, 0.3) is 10.9 Å². The Morgan fingerprint density at radius 1 is 1.23 bits per heavy atom. The molecule has 3 rings (SSSR count). The van der Waals surface area contributed by atoms with Gasteiger partial charge in [0.1, 0.15) is 0 Å². The fraction of sp³-hybridized carbons (Fsp3) is 0.333. The number of H-pyrrole nitrogens is 1. The first-order valence-electron chi connectivity index (χ1n) is 7.70. The van der Waals surface area contributed by atoms with Crippen molar-refractivity contribution in [2.75, 3.05) is 20.1 Å². The molecule has 2 heterocycles. The van der Waals surface area contributed by atoms with Gasteiger partial charge in [0.15, 0.2) is 0 Å². The van der Waals surface area contributed by atoms with Crippen molar-refractivity contribution in [1.82, 2.24) is 9.88 Å². The lowest BCUT2D eigenvalue weighted by Gasteiger charge is -2.13. The third-order valence-corrected chi connectivity index (χ3v) is 6.17. The summed E-state index contributed by atoms with van der Waals surface area (Å²) in [5.74, 6) is 1.05. The van der Waals surface area contributed by atoms with Crippen molar-refractivity contribution in [1.29, 1.82) is 0 Å². The standard InChI is InChI=1S/C18H22N2S2/c1-3-20(2)10-9-14-12-19-16-7-4-8-17(18(14)16)22-13-15-6-5-11-21-15/h4-8,11-12,19H,3,9-10,13H2,1-2H3. The van der Waals surface area contributed by atoms with Gasteiger partial charge in [0, 0.05) is 39.2 Å². The van der Waals surface area contributed by atoms with Crippen molar-refractivity contribution in [3.05, 3.63) is 52.3 Å². The molecule has 1 aromatic carbocycles. The SMILES string of the molecule is CCN(C)CCc1c[nH]c2cccc(SCc3cccs3)c12. The van der Waals surface area contributed by atoms with Crippen LogP contribution in [0.15, 0.2) is 46.8 Å². The summed E-state index contributed by atoms with van der Waals surface area (Å²) in [6.45, 7) is 4.41. The molecule has 0 aliphatic heterocycles. The third-order valence-electron chi connectivity index (χ3n) is 4.00. The molecule has 0 spiro atoms. The fourth-order valence-corrected chi connectivity index (χ4v) is 4.44. The van der Waals surface area contributed by atoms with E-state index in [1.165, 1.54) is 26.2 Å². The normalized spacial score (nSPS) is 11.6. The predicted octanol–water partition coefficient (Wildman–Crippen LogP) is 5.02. The lowest BCUT2D eigenvalue weighted by atomic mass is 10.1. The minimum atomic E-state index is 1.05. The summed E-state index contributed by atoms with van der Waals surface area (Å²) >= 11 is 3.78. The number of hydrogen-bond acceptors (Lipinski definition) is 3. The lowest BCUT2D eigenvalue weighted by Crippen LogP contribution is -2.20. The van der Waals surface area contributed by atoms with Crippen molar-refractivity contribution in [2.45, 2.75) is 24.0 Å². The number of thioether (sulfide) groups is 1. The van der Waals surface area contributed by atoms with Crippen LogP contribution < -0.4 is 0 Å². The average molecular weight is 331 g/mol. The monoisotopic (exact) mass is 330 g/mol. The molecule has 116 valence electrons. The van der Waals surface area contributed by atoms with E-state index in [1.54, 1.807) is 0 Å². The van der Waals surface area contributed by atoms with Crippen LogP contribution in [-0.4, -0.2) is 30.0 Å². The second-order valence-corrected chi connectivity index (χ2v) is 7.56. The number of nitrogens with one attached hydrogen (secondary N) is 1. The van der Waals surface area contributed by atoms with E-state index in [0.717, 1.165) is 25.3 Å². The van der Waals surface area contributed by atoms with E-state index in [1.807, 2.05) is 23.1 Å². The van der Waals surface area contributed by atoms with Crippen molar-refractivity contribution in [3.63, 3.8) is 0 Å².